The summed E-state index contributed by atoms with van der Waals surface area (Å²) < 4.78 is 11.3. The fraction of sp³-hybridized carbons (Fsp3) is 0.200. The number of benzene rings is 2. The normalized spacial score (nSPS) is 10.1. The lowest BCUT2D eigenvalue weighted by molar-refractivity contribution is 0.274. The maximum Gasteiger partial charge on any atom is 0.169 e. The van der Waals surface area contributed by atoms with Crippen LogP contribution in [-0.2, 0) is 6.61 Å². The molecule has 2 aromatic rings. The number of rotatable bonds is 5. The smallest absolute Gasteiger partial charge is 0.169 e. The van der Waals surface area contributed by atoms with Crippen molar-refractivity contribution in [1.29, 1.82) is 0 Å². The first-order valence-corrected chi connectivity index (χ1v) is 5.93. The Morgan fingerprint density at radius 3 is 2.17 bits per heavy atom. The van der Waals surface area contributed by atoms with Crippen molar-refractivity contribution in [1.82, 2.24) is 0 Å². The van der Waals surface area contributed by atoms with E-state index in [0.29, 0.717) is 23.9 Å². The molecule has 0 heterocycles. The zero-order valence-corrected chi connectivity index (χ0v) is 10.3. The van der Waals surface area contributed by atoms with Crippen LogP contribution in [-0.4, -0.2) is 11.7 Å². The molecule has 0 atom stereocenters. The van der Waals surface area contributed by atoms with Crippen molar-refractivity contribution < 1.29 is 14.6 Å². The molecule has 0 saturated carbocycles. The van der Waals surface area contributed by atoms with Crippen LogP contribution in [0.25, 0.3) is 0 Å². The van der Waals surface area contributed by atoms with Crippen LogP contribution >= 0.6 is 0 Å². The molecule has 94 valence electrons. The second kappa shape index (κ2) is 6.07. The van der Waals surface area contributed by atoms with Gasteiger partial charge >= 0.3 is 0 Å². The zero-order valence-electron chi connectivity index (χ0n) is 10.3. The van der Waals surface area contributed by atoms with Crippen LogP contribution in [0.3, 0.4) is 0 Å². The molecule has 0 aliphatic rings. The van der Waals surface area contributed by atoms with E-state index in [1.165, 1.54) is 0 Å². The second-order valence-corrected chi connectivity index (χ2v) is 3.75. The van der Waals surface area contributed by atoms with Crippen molar-refractivity contribution in [2.24, 2.45) is 0 Å². The summed E-state index contributed by atoms with van der Waals surface area (Å²) in [6.45, 7) is 2.47. The van der Waals surface area contributed by atoms with Gasteiger partial charge in [0, 0.05) is 5.56 Å². The Kier molecular flexibility index (Phi) is 4.20. The molecule has 0 radical (unpaired) electrons. The number of aliphatic hydroxyl groups excluding tert-OH is 1. The van der Waals surface area contributed by atoms with Gasteiger partial charge in [-0.15, -0.1) is 0 Å². The van der Waals surface area contributed by atoms with E-state index in [1.807, 2.05) is 55.5 Å². The Hall–Kier alpha value is -2.00. The van der Waals surface area contributed by atoms with Crippen molar-refractivity contribution in [2.45, 2.75) is 13.5 Å². The van der Waals surface area contributed by atoms with E-state index in [4.69, 9.17) is 9.47 Å². The highest BCUT2D eigenvalue weighted by atomic mass is 16.5. The van der Waals surface area contributed by atoms with E-state index < -0.39 is 0 Å². The number of hydrogen-bond donors (Lipinski definition) is 1. The Morgan fingerprint density at radius 2 is 1.50 bits per heavy atom. The van der Waals surface area contributed by atoms with Gasteiger partial charge in [0.05, 0.1) is 13.2 Å². The standard InChI is InChI=1S/C15H16O3/c1-2-17-14-9-5-6-10-15(14)18-13-8-4-3-7-12(13)11-16/h3-10,16H,2,11H2,1H3. The third kappa shape index (κ3) is 2.81. The average molecular weight is 244 g/mol. The first kappa shape index (κ1) is 12.5. The number of para-hydroxylation sites is 3. The summed E-state index contributed by atoms with van der Waals surface area (Å²) >= 11 is 0. The number of aliphatic hydroxyl groups is 1. The number of hydrogen-bond acceptors (Lipinski definition) is 3. The van der Waals surface area contributed by atoms with Gasteiger partial charge in [0.25, 0.3) is 0 Å². The molecule has 2 rings (SSSR count). The third-order valence-corrected chi connectivity index (χ3v) is 2.51. The minimum Gasteiger partial charge on any atom is -0.490 e. The Morgan fingerprint density at radius 1 is 0.889 bits per heavy atom. The maximum atomic E-state index is 9.26. The van der Waals surface area contributed by atoms with Crippen LogP contribution < -0.4 is 9.47 Å². The summed E-state index contributed by atoms with van der Waals surface area (Å²) in [4.78, 5) is 0. The SMILES string of the molecule is CCOc1ccccc1Oc1ccccc1CO. The van der Waals surface area contributed by atoms with E-state index in [9.17, 15) is 5.11 Å². The molecular formula is C15H16O3. The summed E-state index contributed by atoms with van der Waals surface area (Å²) in [5.41, 5.74) is 0.754. The van der Waals surface area contributed by atoms with Gasteiger partial charge in [-0.2, -0.15) is 0 Å². The maximum absolute atomic E-state index is 9.26. The van der Waals surface area contributed by atoms with Gasteiger partial charge in [-0.1, -0.05) is 30.3 Å². The summed E-state index contributed by atoms with van der Waals surface area (Å²) in [7, 11) is 0. The predicted molar refractivity (Wildman–Crippen MR) is 70.0 cm³/mol. The summed E-state index contributed by atoms with van der Waals surface area (Å²) in [5, 5.41) is 9.26. The van der Waals surface area contributed by atoms with Crippen LogP contribution in [0.5, 0.6) is 17.2 Å². The van der Waals surface area contributed by atoms with Gasteiger partial charge in [0.1, 0.15) is 5.75 Å². The largest absolute Gasteiger partial charge is 0.490 e. The molecule has 0 amide bonds. The quantitative estimate of drug-likeness (QED) is 0.876. The average Bonchev–Trinajstić information content (AvgIpc) is 2.42. The molecule has 0 spiro atoms. The van der Waals surface area contributed by atoms with E-state index >= 15 is 0 Å². The van der Waals surface area contributed by atoms with Crippen molar-refractivity contribution in [3.05, 3.63) is 54.1 Å². The van der Waals surface area contributed by atoms with Crippen LogP contribution in [0.15, 0.2) is 48.5 Å². The topological polar surface area (TPSA) is 38.7 Å². The Labute approximate surface area is 107 Å². The number of ether oxygens (including phenoxy) is 2. The highest BCUT2D eigenvalue weighted by Gasteiger charge is 2.07. The molecule has 0 aliphatic carbocycles. The first-order valence-electron chi connectivity index (χ1n) is 5.93. The minimum absolute atomic E-state index is 0.0486. The second-order valence-electron chi connectivity index (χ2n) is 3.75. The monoisotopic (exact) mass is 244 g/mol. The highest BCUT2D eigenvalue weighted by Crippen LogP contribution is 2.32. The van der Waals surface area contributed by atoms with Gasteiger partial charge in [0.15, 0.2) is 11.5 Å². The molecular weight excluding hydrogens is 228 g/mol. The molecule has 3 nitrogen and oxygen atoms in total. The Bertz CT molecular complexity index is 509. The molecule has 0 aromatic heterocycles. The summed E-state index contributed by atoms with van der Waals surface area (Å²) in [6, 6.07) is 14.9. The zero-order chi connectivity index (χ0) is 12.8. The van der Waals surface area contributed by atoms with E-state index in [-0.39, 0.29) is 6.61 Å². The lowest BCUT2D eigenvalue weighted by Gasteiger charge is -2.13. The highest BCUT2D eigenvalue weighted by molar-refractivity contribution is 5.44. The lowest BCUT2D eigenvalue weighted by atomic mass is 10.2. The van der Waals surface area contributed by atoms with Crippen LogP contribution in [0, 0.1) is 0 Å². The van der Waals surface area contributed by atoms with Crippen LogP contribution in [0.4, 0.5) is 0 Å². The summed E-state index contributed by atoms with van der Waals surface area (Å²) in [6.07, 6.45) is 0. The van der Waals surface area contributed by atoms with Crippen molar-refractivity contribution in [3.8, 4) is 17.2 Å². The Balaban J connectivity index is 2.28. The van der Waals surface area contributed by atoms with Gasteiger partial charge in [-0.3, -0.25) is 0 Å². The molecule has 0 fully saturated rings. The summed E-state index contributed by atoms with van der Waals surface area (Å²) in [5.74, 6) is 2.00. The minimum atomic E-state index is -0.0486. The van der Waals surface area contributed by atoms with Crippen LogP contribution in [0.1, 0.15) is 12.5 Å². The molecule has 0 saturated heterocycles. The van der Waals surface area contributed by atoms with Gasteiger partial charge in [0.2, 0.25) is 0 Å². The fourth-order valence-electron chi connectivity index (χ4n) is 1.66. The van der Waals surface area contributed by atoms with Crippen molar-refractivity contribution in [2.75, 3.05) is 6.61 Å². The molecule has 3 heteroatoms. The lowest BCUT2D eigenvalue weighted by Crippen LogP contribution is -1.96. The molecule has 2 aromatic carbocycles. The van der Waals surface area contributed by atoms with Crippen LogP contribution in [0.2, 0.25) is 0 Å². The molecule has 0 unspecified atom stereocenters. The fourth-order valence-corrected chi connectivity index (χ4v) is 1.66. The third-order valence-electron chi connectivity index (χ3n) is 2.51. The van der Waals surface area contributed by atoms with Gasteiger partial charge < -0.3 is 14.6 Å². The van der Waals surface area contributed by atoms with Crippen molar-refractivity contribution in [3.63, 3.8) is 0 Å². The van der Waals surface area contributed by atoms with E-state index in [2.05, 4.69) is 0 Å². The molecule has 0 bridgehead atoms. The van der Waals surface area contributed by atoms with E-state index in [0.717, 1.165) is 5.56 Å². The molecule has 18 heavy (non-hydrogen) atoms. The van der Waals surface area contributed by atoms with Gasteiger partial charge in [-0.05, 0) is 25.1 Å². The molecule has 1 N–H and O–H groups in total. The van der Waals surface area contributed by atoms with Crippen molar-refractivity contribution >= 4 is 0 Å². The van der Waals surface area contributed by atoms with Gasteiger partial charge in [-0.25, -0.2) is 0 Å². The first-order chi connectivity index (χ1) is 8.85. The molecule has 0 aliphatic heterocycles. The predicted octanol–water partition coefficient (Wildman–Crippen LogP) is 3.37. The van der Waals surface area contributed by atoms with E-state index in [1.54, 1.807) is 0 Å².